The lowest BCUT2D eigenvalue weighted by Gasteiger charge is -2.07. The van der Waals surface area contributed by atoms with Gasteiger partial charge in [-0.1, -0.05) is 0 Å². The van der Waals surface area contributed by atoms with Gasteiger partial charge in [0, 0.05) is 20.3 Å². The Morgan fingerprint density at radius 2 is 2.00 bits per heavy atom. The van der Waals surface area contributed by atoms with E-state index >= 15 is 0 Å². The van der Waals surface area contributed by atoms with E-state index in [1.54, 1.807) is 14.1 Å². The molecule has 20 heavy (non-hydrogen) atoms. The molecule has 0 radical (unpaired) electrons. The largest absolute Gasteiger partial charge is 0.478 e. The van der Waals surface area contributed by atoms with Crippen molar-refractivity contribution in [2.45, 2.75) is 0 Å². The fraction of sp³-hybridized carbons (Fsp3) is 0.154. The Morgan fingerprint density at radius 3 is 2.55 bits per heavy atom. The van der Waals surface area contributed by atoms with Crippen LogP contribution in [0.1, 0.15) is 20.8 Å². The van der Waals surface area contributed by atoms with Crippen LogP contribution in [0.2, 0.25) is 0 Å². The van der Waals surface area contributed by atoms with Crippen LogP contribution >= 0.6 is 0 Å². The number of carboxylic acid groups (broad SMARTS) is 1. The maximum Gasteiger partial charge on any atom is 0.335 e. The second kappa shape index (κ2) is 5.12. The van der Waals surface area contributed by atoms with E-state index in [0.717, 1.165) is 6.07 Å². The van der Waals surface area contributed by atoms with Crippen molar-refractivity contribution in [2.75, 3.05) is 14.1 Å². The highest BCUT2D eigenvalue weighted by molar-refractivity contribution is 5.91. The zero-order valence-corrected chi connectivity index (χ0v) is 10.9. The first kappa shape index (κ1) is 13.7. The predicted octanol–water partition coefficient (Wildman–Crippen LogP) is 1.41. The number of carbonyl (C=O) groups is 2. The lowest BCUT2D eigenvalue weighted by atomic mass is 10.2. The first-order valence-corrected chi connectivity index (χ1v) is 5.70. The molecule has 1 heterocycles. The van der Waals surface area contributed by atoms with Gasteiger partial charge in [0.15, 0.2) is 5.69 Å². The first-order chi connectivity index (χ1) is 9.40. The molecule has 0 atom stereocenters. The summed E-state index contributed by atoms with van der Waals surface area (Å²) in [5.74, 6) is -2.23. The van der Waals surface area contributed by atoms with Crippen LogP contribution in [-0.2, 0) is 0 Å². The predicted molar refractivity (Wildman–Crippen MR) is 68.5 cm³/mol. The van der Waals surface area contributed by atoms with Crippen LogP contribution in [0, 0.1) is 5.82 Å². The minimum atomic E-state index is -1.21. The molecule has 104 valence electrons. The molecule has 0 bridgehead atoms. The van der Waals surface area contributed by atoms with E-state index in [-0.39, 0.29) is 22.9 Å². The van der Waals surface area contributed by atoms with Gasteiger partial charge in [-0.15, -0.1) is 0 Å². The maximum absolute atomic E-state index is 13.8. The van der Waals surface area contributed by atoms with Crippen molar-refractivity contribution in [1.29, 1.82) is 0 Å². The van der Waals surface area contributed by atoms with Crippen LogP contribution < -0.4 is 0 Å². The number of nitrogens with zero attached hydrogens (tertiary/aromatic N) is 3. The quantitative estimate of drug-likeness (QED) is 0.920. The molecule has 7 heteroatoms. The third-order valence-electron chi connectivity index (χ3n) is 2.66. The highest BCUT2D eigenvalue weighted by Crippen LogP contribution is 2.15. The molecule has 1 N–H and O–H groups in total. The van der Waals surface area contributed by atoms with E-state index in [1.165, 1.54) is 34.0 Å². The zero-order chi connectivity index (χ0) is 14.9. The number of carboxylic acids is 1. The Bertz CT molecular complexity index is 679. The lowest BCUT2D eigenvalue weighted by Crippen LogP contribution is -2.22. The van der Waals surface area contributed by atoms with E-state index in [1.807, 2.05) is 0 Å². The van der Waals surface area contributed by atoms with Crippen molar-refractivity contribution in [3.63, 3.8) is 0 Å². The van der Waals surface area contributed by atoms with Gasteiger partial charge in [-0.05, 0) is 24.3 Å². The molecule has 0 saturated heterocycles. The summed E-state index contributed by atoms with van der Waals surface area (Å²) in [6, 6.07) is 4.95. The third kappa shape index (κ3) is 2.51. The van der Waals surface area contributed by atoms with Crippen molar-refractivity contribution in [1.82, 2.24) is 14.7 Å². The Balaban J connectivity index is 2.38. The number of amides is 1. The maximum atomic E-state index is 13.8. The fourth-order valence-corrected chi connectivity index (χ4v) is 1.63. The molecular formula is C13H12FN3O3. The molecule has 1 aromatic heterocycles. The van der Waals surface area contributed by atoms with Crippen molar-refractivity contribution in [2.24, 2.45) is 0 Å². The van der Waals surface area contributed by atoms with Gasteiger partial charge in [-0.25, -0.2) is 13.9 Å². The minimum Gasteiger partial charge on any atom is -0.478 e. The molecule has 1 aromatic carbocycles. The SMILES string of the molecule is CN(C)C(=O)c1ccn(-c2ccc(C(=O)O)cc2F)n1. The van der Waals surface area contributed by atoms with Crippen LogP contribution in [0.5, 0.6) is 0 Å². The number of hydrogen-bond acceptors (Lipinski definition) is 3. The van der Waals surface area contributed by atoms with E-state index in [9.17, 15) is 14.0 Å². The summed E-state index contributed by atoms with van der Waals surface area (Å²) in [4.78, 5) is 23.8. The molecule has 2 rings (SSSR count). The Kier molecular flexibility index (Phi) is 3.51. The van der Waals surface area contributed by atoms with Crippen LogP contribution in [0.15, 0.2) is 30.5 Å². The number of halogens is 1. The molecule has 1 amide bonds. The summed E-state index contributed by atoms with van der Waals surface area (Å²) < 4.78 is 15.0. The lowest BCUT2D eigenvalue weighted by molar-refractivity contribution is 0.0696. The van der Waals surface area contributed by atoms with E-state index in [2.05, 4.69) is 5.10 Å². The van der Waals surface area contributed by atoms with Crippen molar-refractivity contribution < 1.29 is 19.1 Å². The van der Waals surface area contributed by atoms with Gasteiger partial charge >= 0.3 is 5.97 Å². The van der Waals surface area contributed by atoms with Gasteiger partial charge in [-0.2, -0.15) is 5.10 Å². The standard InChI is InChI=1S/C13H12FN3O3/c1-16(2)12(18)10-5-6-17(15-10)11-4-3-8(13(19)20)7-9(11)14/h3-7H,1-2H3,(H,19,20). The third-order valence-corrected chi connectivity index (χ3v) is 2.66. The highest BCUT2D eigenvalue weighted by Gasteiger charge is 2.14. The van der Waals surface area contributed by atoms with E-state index in [0.29, 0.717) is 0 Å². The molecule has 6 nitrogen and oxygen atoms in total. The molecule has 2 aromatic rings. The fourth-order valence-electron chi connectivity index (χ4n) is 1.63. The summed E-state index contributed by atoms with van der Waals surface area (Å²) in [7, 11) is 3.17. The molecule has 0 aliphatic carbocycles. The second-order valence-corrected chi connectivity index (χ2v) is 4.32. The molecule has 0 fully saturated rings. The normalized spacial score (nSPS) is 10.3. The number of rotatable bonds is 3. The first-order valence-electron chi connectivity index (χ1n) is 5.70. The molecule has 0 unspecified atom stereocenters. The number of hydrogen-bond donors (Lipinski definition) is 1. The van der Waals surface area contributed by atoms with Crippen LogP contribution in [0.4, 0.5) is 4.39 Å². The number of carbonyl (C=O) groups excluding carboxylic acids is 1. The highest BCUT2D eigenvalue weighted by atomic mass is 19.1. The van der Waals surface area contributed by atoms with Gasteiger partial charge in [0.2, 0.25) is 0 Å². The summed E-state index contributed by atoms with van der Waals surface area (Å²) in [6.07, 6.45) is 1.44. The summed E-state index contributed by atoms with van der Waals surface area (Å²) in [5.41, 5.74) is 0.104. The monoisotopic (exact) mass is 277 g/mol. The smallest absolute Gasteiger partial charge is 0.335 e. The van der Waals surface area contributed by atoms with Crippen molar-refractivity contribution >= 4 is 11.9 Å². The molecule has 0 spiro atoms. The average Bonchev–Trinajstić information content (AvgIpc) is 2.86. The Hall–Kier alpha value is -2.70. The van der Waals surface area contributed by atoms with Crippen molar-refractivity contribution in [3.8, 4) is 5.69 Å². The Morgan fingerprint density at radius 1 is 1.30 bits per heavy atom. The van der Waals surface area contributed by atoms with Crippen LogP contribution in [0.3, 0.4) is 0 Å². The number of benzene rings is 1. The van der Waals surface area contributed by atoms with Gasteiger partial charge in [0.25, 0.3) is 5.91 Å². The summed E-state index contributed by atoms with van der Waals surface area (Å²) in [5, 5.41) is 12.7. The molecule has 0 aliphatic rings. The van der Waals surface area contributed by atoms with Gasteiger partial charge in [-0.3, -0.25) is 4.79 Å². The molecule has 0 aliphatic heterocycles. The summed E-state index contributed by atoms with van der Waals surface area (Å²) in [6.45, 7) is 0. The second-order valence-electron chi connectivity index (χ2n) is 4.32. The van der Waals surface area contributed by atoms with Crippen LogP contribution in [0.25, 0.3) is 5.69 Å². The van der Waals surface area contributed by atoms with Gasteiger partial charge < -0.3 is 10.0 Å². The molecule has 0 saturated carbocycles. The van der Waals surface area contributed by atoms with E-state index in [4.69, 9.17) is 5.11 Å². The zero-order valence-electron chi connectivity index (χ0n) is 10.9. The number of aromatic nitrogens is 2. The van der Waals surface area contributed by atoms with Gasteiger partial charge in [0.05, 0.1) is 5.56 Å². The molecular weight excluding hydrogens is 265 g/mol. The average molecular weight is 277 g/mol. The van der Waals surface area contributed by atoms with Crippen molar-refractivity contribution in [3.05, 3.63) is 47.5 Å². The topological polar surface area (TPSA) is 75.4 Å². The number of aromatic carboxylic acids is 1. The summed E-state index contributed by atoms with van der Waals surface area (Å²) >= 11 is 0. The van der Waals surface area contributed by atoms with Gasteiger partial charge in [0.1, 0.15) is 11.5 Å². The Labute approximate surface area is 114 Å². The van der Waals surface area contributed by atoms with E-state index < -0.39 is 11.8 Å². The minimum absolute atomic E-state index is 0.0767. The van der Waals surface area contributed by atoms with Crippen LogP contribution in [-0.4, -0.2) is 45.8 Å².